The zero-order valence-electron chi connectivity index (χ0n) is 14.1. The van der Waals surface area contributed by atoms with E-state index in [1.807, 2.05) is 0 Å². The Hall–Kier alpha value is -1.99. The summed E-state index contributed by atoms with van der Waals surface area (Å²) in [6.07, 6.45) is 1.68. The van der Waals surface area contributed by atoms with Gasteiger partial charge in [0.05, 0.1) is 26.3 Å². The van der Waals surface area contributed by atoms with Gasteiger partial charge >= 0.3 is 0 Å². The Balaban J connectivity index is 1.65. The molecule has 7 heteroatoms. The Morgan fingerprint density at radius 1 is 1.28 bits per heavy atom. The van der Waals surface area contributed by atoms with Crippen molar-refractivity contribution in [1.29, 1.82) is 0 Å². The fraction of sp³-hybridized carbons (Fsp3) is 0.556. The van der Waals surface area contributed by atoms with Gasteiger partial charge in [0.1, 0.15) is 11.4 Å². The van der Waals surface area contributed by atoms with Crippen molar-refractivity contribution in [1.82, 2.24) is 9.80 Å². The average Bonchev–Trinajstić information content (AvgIpc) is 3.02. The van der Waals surface area contributed by atoms with Crippen LogP contribution in [-0.4, -0.2) is 71.7 Å². The molecule has 2 saturated heterocycles. The second-order valence-corrected chi connectivity index (χ2v) is 6.73. The van der Waals surface area contributed by atoms with E-state index in [9.17, 15) is 19.1 Å². The van der Waals surface area contributed by atoms with E-state index >= 15 is 0 Å². The Labute approximate surface area is 146 Å². The molecule has 1 aromatic carbocycles. The molecule has 0 spiro atoms. The molecule has 2 aliphatic heterocycles. The van der Waals surface area contributed by atoms with Crippen LogP contribution in [0.25, 0.3) is 0 Å². The van der Waals surface area contributed by atoms with Crippen LogP contribution in [0.4, 0.5) is 4.39 Å². The van der Waals surface area contributed by atoms with E-state index in [-0.39, 0.29) is 37.3 Å². The normalized spacial score (nSPS) is 24.0. The lowest BCUT2D eigenvalue weighted by Crippen LogP contribution is -2.58. The lowest BCUT2D eigenvalue weighted by atomic mass is 9.93. The Kier molecular flexibility index (Phi) is 5.34. The number of morpholine rings is 1. The van der Waals surface area contributed by atoms with Gasteiger partial charge < -0.3 is 19.6 Å². The molecule has 0 bridgehead atoms. The number of amides is 2. The van der Waals surface area contributed by atoms with Gasteiger partial charge in [-0.05, 0) is 24.1 Å². The summed E-state index contributed by atoms with van der Waals surface area (Å²) >= 11 is 0. The highest BCUT2D eigenvalue weighted by Crippen LogP contribution is 2.24. The van der Waals surface area contributed by atoms with E-state index in [0.717, 1.165) is 12.0 Å². The summed E-state index contributed by atoms with van der Waals surface area (Å²) in [5.74, 6) is -0.435. The molecule has 1 N–H and O–H groups in total. The number of hydrogen-bond acceptors (Lipinski definition) is 4. The lowest BCUT2D eigenvalue weighted by molar-refractivity contribution is -0.159. The third kappa shape index (κ3) is 4.16. The van der Waals surface area contributed by atoms with Gasteiger partial charge in [0.2, 0.25) is 11.8 Å². The highest BCUT2D eigenvalue weighted by Gasteiger charge is 2.38. The molecule has 3 rings (SSSR count). The van der Waals surface area contributed by atoms with Gasteiger partial charge in [-0.15, -0.1) is 0 Å². The minimum absolute atomic E-state index is 0.0151. The second kappa shape index (κ2) is 7.49. The van der Waals surface area contributed by atoms with E-state index in [4.69, 9.17) is 4.74 Å². The van der Waals surface area contributed by atoms with Crippen LogP contribution in [0.15, 0.2) is 24.3 Å². The van der Waals surface area contributed by atoms with Gasteiger partial charge in [0.15, 0.2) is 0 Å². The van der Waals surface area contributed by atoms with Crippen molar-refractivity contribution < 1.29 is 23.8 Å². The van der Waals surface area contributed by atoms with Crippen molar-refractivity contribution in [2.45, 2.75) is 24.9 Å². The minimum atomic E-state index is -0.902. The summed E-state index contributed by atoms with van der Waals surface area (Å²) in [6.45, 7) is 1.47. The van der Waals surface area contributed by atoms with Crippen LogP contribution in [0.2, 0.25) is 0 Å². The van der Waals surface area contributed by atoms with Gasteiger partial charge in [0, 0.05) is 25.9 Å². The van der Waals surface area contributed by atoms with Crippen LogP contribution in [0, 0.1) is 5.82 Å². The standard InChI is InChI=1S/C18H23FN2O4/c19-15-5-3-14(4-6-15)10-18(13-22)12-21(8-9-25-18)17(24)11-20-7-1-2-16(20)23/h3-6,22H,1-2,7-13H2/t18-/m0/s1. The fourth-order valence-corrected chi connectivity index (χ4v) is 3.42. The van der Waals surface area contributed by atoms with Crippen molar-refractivity contribution in [3.05, 3.63) is 35.6 Å². The Bertz CT molecular complexity index is 636. The highest BCUT2D eigenvalue weighted by molar-refractivity contribution is 5.86. The van der Waals surface area contributed by atoms with Gasteiger partial charge in [-0.2, -0.15) is 0 Å². The van der Waals surface area contributed by atoms with Crippen molar-refractivity contribution >= 4 is 11.8 Å². The maximum atomic E-state index is 13.1. The van der Waals surface area contributed by atoms with Crippen LogP contribution in [-0.2, 0) is 20.7 Å². The maximum absolute atomic E-state index is 13.1. The molecular formula is C18H23FN2O4. The number of likely N-dealkylation sites (tertiary alicyclic amines) is 1. The first-order valence-corrected chi connectivity index (χ1v) is 8.56. The van der Waals surface area contributed by atoms with Crippen LogP contribution >= 0.6 is 0 Å². The number of hydrogen-bond donors (Lipinski definition) is 1. The SMILES string of the molecule is O=C1CCCN1CC(=O)N1CCO[C@@](CO)(Cc2ccc(F)cc2)C1. The number of carbonyl (C=O) groups is 2. The molecule has 2 aliphatic rings. The molecule has 1 atom stereocenters. The molecule has 0 radical (unpaired) electrons. The summed E-state index contributed by atoms with van der Waals surface area (Å²) in [5, 5.41) is 9.88. The van der Waals surface area contributed by atoms with Crippen molar-refractivity contribution in [2.24, 2.45) is 0 Å². The summed E-state index contributed by atoms with van der Waals surface area (Å²) in [7, 11) is 0. The quantitative estimate of drug-likeness (QED) is 0.843. The van der Waals surface area contributed by atoms with Crippen LogP contribution < -0.4 is 0 Å². The molecular weight excluding hydrogens is 327 g/mol. The monoisotopic (exact) mass is 350 g/mol. The first-order valence-electron chi connectivity index (χ1n) is 8.56. The third-order valence-electron chi connectivity index (χ3n) is 4.83. The minimum Gasteiger partial charge on any atom is -0.393 e. The number of aliphatic hydroxyl groups excluding tert-OH is 1. The maximum Gasteiger partial charge on any atom is 0.242 e. The van der Waals surface area contributed by atoms with E-state index in [0.29, 0.717) is 32.5 Å². The molecule has 0 aromatic heterocycles. The summed E-state index contributed by atoms with van der Waals surface area (Å²) in [4.78, 5) is 27.5. The van der Waals surface area contributed by atoms with E-state index in [1.165, 1.54) is 12.1 Å². The molecule has 136 valence electrons. The largest absolute Gasteiger partial charge is 0.393 e. The van der Waals surface area contributed by atoms with Crippen LogP contribution in [0.3, 0.4) is 0 Å². The topological polar surface area (TPSA) is 70.1 Å². The van der Waals surface area contributed by atoms with Crippen molar-refractivity contribution in [2.75, 3.05) is 39.4 Å². The van der Waals surface area contributed by atoms with E-state index in [2.05, 4.69) is 0 Å². The number of aliphatic hydroxyl groups is 1. The van der Waals surface area contributed by atoms with Crippen molar-refractivity contribution in [3.63, 3.8) is 0 Å². The molecule has 2 heterocycles. The first kappa shape index (κ1) is 17.8. The number of halogens is 1. The predicted molar refractivity (Wildman–Crippen MR) is 88.3 cm³/mol. The second-order valence-electron chi connectivity index (χ2n) is 6.73. The zero-order valence-corrected chi connectivity index (χ0v) is 14.1. The third-order valence-corrected chi connectivity index (χ3v) is 4.83. The van der Waals surface area contributed by atoms with Crippen LogP contribution in [0.1, 0.15) is 18.4 Å². The smallest absolute Gasteiger partial charge is 0.242 e. The predicted octanol–water partition coefficient (Wildman–Crippen LogP) is 0.581. The van der Waals surface area contributed by atoms with Crippen molar-refractivity contribution in [3.8, 4) is 0 Å². The highest BCUT2D eigenvalue weighted by atomic mass is 19.1. The molecule has 2 amide bonds. The molecule has 2 fully saturated rings. The average molecular weight is 350 g/mol. The molecule has 0 unspecified atom stereocenters. The lowest BCUT2D eigenvalue weighted by Gasteiger charge is -2.42. The van der Waals surface area contributed by atoms with Gasteiger partial charge in [0.25, 0.3) is 0 Å². The molecule has 0 aliphatic carbocycles. The van der Waals surface area contributed by atoms with E-state index in [1.54, 1.807) is 21.9 Å². The molecule has 0 saturated carbocycles. The summed E-state index contributed by atoms with van der Waals surface area (Å²) in [5.41, 5.74) is -0.0692. The van der Waals surface area contributed by atoms with Gasteiger partial charge in [-0.3, -0.25) is 9.59 Å². The number of benzene rings is 1. The number of rotatable bonds is 5. The molecule has 25 heavy (non-hydrogen) atoms. The first-order chi connectivity index (χ1) is 12.0. The molecule has 6 nitrogen and oxygen atoms in total. The number of nitrogens with zero attached hydrogens (tertiary/aromatic N) is 2. The van der Waals surface area contributed by atoms with Crippen LogP contribution in [0.5, 0.6) is 0 Å². The summed E-state index contributed by atoms with van der Waals surface area (Å²) in [6, 6.07) is 6.04. The van der Waals surface area contributed by atoms with Gasteiger partial charge in [-0.1, -0.05) is 12.1 Å². The van der Waals surface area contributed by atoms with Gasteiger partial charge in [-0.25, -0.2) is 4.39 Å². The number of carbonyl (C=O) groups excluding carboxylic acids is 2. The van der Waals surface area contributed by atoms with E-state index < -0.39 is 5.60 Å². The Morgan fingerprint density at radius 2 is 2.04 bits per heavy atom. The zero-order chi connectivity index (χ0) is 17.9. The molecule has 1 aromatic rings. The number of ether oxygens (including phenoxy) is 1. The Morgan fingerprint density at radius 3 is 2.68 bits per heavy atom. The summed E-state index contributed by atoms with van der Waals surface area (Å²) < 4.78 is 18.9. The fourth-order valence-electron chi connectivity index (χ4n) is 3.42.